The van der Waals surface area contributed by atoms with Crippen molar-refractivity contribution in [3.63, 3.8) is 0 Å². The summed E-state index contributed by atoms with van der Waals surface area (Å²) in [6, 6.07) is 15.0. The number of benzene rings is 2. The quantitative estimate of drug-likeness (QED) is 0.511. The van der Waals surface area contributed by atoms with Crippen molar-refractivity contribution < 1.29 is 4.79 Å². The molecular formula is C20H21ClN6OS. The third-order valence-corrected chi connectivity index (χ3v) is 5.63. The fourth-order valence-electron chi connectivity index (χ4n) is 2.46. The van der Waals surface area contributed by atoms with Gasteiger partial charge in [-0.25, -0.2) is 0 Å². The van der Waals surface area contributed by atoms with E-state index < -0.39 is 0 Å². The minimum absolute atomic E-state index is 0.120. The van der Waals surface area contributed by atoms with E-state index >= 15 is 0 Å². The molecule has 1 amide bonds. The van der Waals surface area contributed by atoms with Gasteiger partial charge in [-0.1, -0.05) is 35.9 Å². The Balaban J connectivity index is 1.61. The molecule has 1 aromatic heterocycles. The molecule has 9 heteroatoms. The fourth-order valence-corrected chi connectivity index (χ4v) is 3.37. The van der Waals surface area contributed by atoms with Gasteiger partial charge < -0.3 is 16.4 Å². The van der Waals surface area contributed by atoms with Crippen molar-refractivity contribution in [1.82, 2.24) is 15.0 Å². The van der Waals surface area contributed by atoms with Crippen LogP contribution in [0.25, 0.3) is 0 Å². The Bertz CT molecular complexity index is 1000. The Morgan fingerprint density at radius 3 is 2.66 bits per heavy atom. The molecule has 0 aliphatic carbocycles. The zero-order valence-electron chi connectivity index (χ0n) is 16.0. The van der Waals surface area contributed by atoms with E-state index in [0.717, 1.165) is 11.3 Å². The minimum atomic E-state index is -0.322. The number of hydrogen-bond donors (Lipinski definition) is 3. The van der Waals surface area contributed by atoms with E-state index in [-0.39, 0.29) is 17.1 Å². The van der Waals surface area contributed by atoms with Gasteiger partial charge >= 0.3 is 0 Å². The second-order valence-corrected chi connectivity index (χ2v) is 8.02. The molecule has 3 aromatic rings. The van der Waals surface area contributed by atoms with Crippen LogP contribution in [-0.2, 0) is 10.5 Å². The number of nitrogen functional groups attached to an aromatic ring is 1. The van der Waals surface area contributed by atoms with Gasteiger partial charge in [0.15, 0.2) is 0 Å². The highest BCUT2D eigenvalue weighted by Gasteiger charge is 2.16. The molecule has 0 aliphatic rings. The lowest BCUT2D eigenvalue weighted by Gasteiger charge is -2.14. The smallest absolute Gasteiger partial charge is 0.237 e. The van der Waals surface area contributed by atoms with Crippen LogP contribution in [0.15, 0.2) is 48.5 Å². The zero-order chi connectivity index (χ0) is 20.8. The van der Waals surface area contributed by atoms with Crippen molar-refractivity contribution in [2.45, 2.75) is 24.9 Å². The van der Waals surface area contributed by atoms with E-state index in [1.807, 2.05) is 50.2 Å². The van der Waals surface area contributed by atoms with Gasteiger partial charge in [0.1, 0.15) is 5.82 Å². The maximum absolute atomic E-state index is 12.5. The van der Waals surface area contributed by atoms with E-state index in [0.29, 0.717) is 28.2 Å². The number of anilines is 4. The van der Waals surface area contributed by atoms with E-state index in [4.69, 9.17) is 17.3 Å². The third kappa shape index (κ3) is 5.82. The van der Waals surface area contributed by atoms with Crippen LogP contribution in [0.5, 0.6) is 0 Å². The van der Waals surface area contributed by atoms with Gasteiger partial charge in [-0.05, 0) is 43.7 Å². The van der Waals surface area contributed by atoms with Crippen LogP contribution < -0.4 is 16.4 Å². The molecule has 3 rings (SSSR count). The largest absolute Gasteiger partial charge is 0.368 e. The highest BCUT2D eigenvalue weighted by Crippen LogP contribution is 2.25. The van der Waals surface area contributed by atoms with Crippen LogP contribution in [0.4, 0.5) is 23.3 Å². The normalized spacial score (nSPS) is 11.7. The number of amides is 1. The van der Waals surface area contributed by atoms with Crippen LogP contribution in [0, 0.1) is 6.92 Å². The molecule has 1 atom stereocenters. The lowest BCUT2D eigenvalue weighted by molar-refractivity contribution is -0.115. The first-order valence-electron chi connectivity index (χ1n) is 8.92. The molecule has 0 fully saturated rings. The molecule has 29 heavy (non-hydrogen) atoms. The number of carbonyl (C=O) groups is 1. The number of aromatic nitrogens is 3. The first kappa shape index (κ1) is 20.9. The second-order valence-electron chi connectivity index (χ2n) is 6.28. The monoisotopic (exact) mass is 428 g/mol. The summed E-state index contributed by atoms with van der Waals surface area (Å²) in [6.07, 6.45) is 0. The number of para-hydroxylation sites is 1. The predicted octanol–water partition coefficient (Wildman–Crippen LogP) is 4.42. The predicted molar refractivity (Wildman–Crippen MR) is 120 cm³/mol. The van der Waals surface area contributed by atoms with Crippen molar-refractivity contribution in [3.05, 3.63) is 64.9 Å². The summed E-state index contributed by atoms with van der Waals surface area (Å²) in [5.74, 6) is 1.29. The Morgan fingerprint density at radius 2 is 1.90 bits per heavy atom. The Hall–Kier alpha value is -2.84. The highest BCUT2D eigenvalue weighted by atomic mass is 35.5. The molecule has 150 valence electrons. The Kier molecular flexibility index (Phi) is 6.90. The van der Waals surface area contributed by atoms with Crippen molar-refractivity contribution >= 4 is 52.5 Å². The van der Waals surface area contributed by atoms with E-state index in [1.165, 1.54) is 11.8 Å². The maximum atomic E-state index is 12.5. The lowest BCUT2D eigenvalue weighted by atomic mass is 10.2. The molecule has 0 spiro atoms. The molecule has 0 radical (unpaired) electrons. The Morgan fingerprint density at radius 1 is 1.14 bits per heavy atom. The molecule has 1 heterocycles. The average molecular weight is 429 g/mol. The van der Waals surface area contributed by atoms with Crippen LogP contribution in [0.2, 0.25) is 5.02 Å². The first-order chi connectivity index (χ1) is 13.9. The van der Waals surface area contributed by atoms with Gasteiger partial charge in [-0.15, -0.1) is 11.8 Å². The number of nitrogens with zero attached hydrogens (tertiary/aromatic N) is 3. The maximum Gasteiger partial charge on any atom is 0.237 e. The molecule has 1 unspecified atom stereocenters. The van der Waals surface area contributed by atoms with E-state index in [1.54, 1.807) is 12.1 Å². The van der Waals surface area contributed by atoms with Crippen LogP contribution in [0.1, 0.15) is 18.3 Å². The lowest BCUT2D eigenvalue weighted by Crippen LogP contribution is -2.23. The van der Waals surface area contributed by atoms with Crippen molar-refractivity contribution in [1.29, 1.82) is 0 Å². The van der Waals surface area contributed by atoms with Crippen LogP contribution in [-0.4, -0.2) is 26.1 Å². The number of hydrogen-bond acceptors (Lipinski definition) is 7. The van der Waals surface area contributed by atoms with Crippen molar-refractivity contribution in [2.75, 3.05) is 16.4 Å². The number of nitrogens with one attached hydrogen (secondary N) is 2. The summed E-state index contributed by atoms with van der Waals surface area (Å²) < 4.78 is 0. The van der Waals surface area contributed by atoms with Gasteiger partial charge in [0, 0.05) is 16.4 Å². The second kappa shape index (κ2) is 9.58. The molecule has 0 saturated heterocycles. The number of rotatable bonds is 7. The number of nitrogens with two attached hydrogens (primary N) is 1. The molecule has 7 nitrogen and oxygen atoms in total. The summed E-state index contributed by atoms with van der Waals surface area (Å²) >= 11 is 7.52. The number of carbonyl (C=O) groups excluding carboxylic acids is 1. The third-order valence-electron chi connectivity index (χ3n) is 4.09. The van der Waals surface area contributed by atoms with Crippen LogP contribution >= 0.6 is 23.4 Å². The van der Waals surface area contributed by atoms with Gasteiger partial charge in [0.05, 0.1) is 11.0 Å². The van der Waals surface area contributed by atoms with Gasteiger partial charge in [0.25, 0.3) is 0 Å². The molecule has 0 aliphatic heterocycles. The summed E-state index contributed by atoms with van der Waals surface area (Å²) in [4.78, 5) is 25.2. The SMILES string of the molecule is Cc1c(Cl)cccc1NC(=O)C(C)SCc1nc(N)nc(Nc2ccccc2)n1. The van der Waals surface area contributed by atoms with Crippen molar-refractivity contribution in [2.24, 2.45) is 0 Å². The first-order valence-corrected chi connectivity index (χ1v) is 10.3. The van der Waals surface area contributed by atoms with Crippen molar-refractivity contribution in [3.8, 4) is 0 Å². The summed E-state index contributed by atoms with van der Waals surface area (Å²) in [5.41, 5.74) is 8.19. The summed E-state index contributed by atoms with van der Waals surface area (Å²) in [6.45, 7) is 3.69. The summed E-state index contributed by atoms with van der Waals surface area (Å²) in [7, 11) is 0. The highest BCUT2D eigenvalue weighted by molar-refractivity contribution is 7.99. The van der Waals surface area contributed by atoms with E-state index in [9.17, 15) is 4.79 Å². The minimum Gasteiger partial charge on any atom is -0.368 e. The van der Waals surface area contributed by atoms with Gasteiger partial charge in [0.2, 0.25) is 17.8 Å². The molecule has 0 bridgehead atoms. The average Bonchev–Trinajstić information content (AvgIpc) is 2.70. The molecule has 0 saturated carbocycles. The summed E-state index contributed by atoms with van der Waals surface area (Å²) in [5, 5.41) is 6.30. The van der Waals surface area contributed by atoms with Gasteiger partial charge in [-0.3, -0.25) is 4.79 Å². The molecular weight excluding hydrogens is 408 g/mol. The number of thioether (sulfide) groups is 1. The van der Waals surface area contributed by atoms with Gasteiger partial charge in [-0.2, -0.15) is 15.0 Å². The fraction of sp³-hybridized carbons (Fsp3) is 0.200. The standard InChI is InChI=1S/C20H21ClN6OS/c1-12-15(21)9-6-10-16(12)24-18(28)13(2)29-11-17-25-19(22)27-20(26-17)23-14-7-4-3-5-8-14/h3-10,13H,11H2,1-2H3,(H,24,28)(H3,22,23,25,26,27). The van der Waals surface area contributed by atoms with E-state index in [2.05, 4.69) is 25.6 Å². The number of halogens is 1. The Labute approximate surface area is 178 Å². The van der Waals surface area contributed by atoms with Crippen LogP contribution in [0.3, 0.4) is 0 Å². The molecule has 2 aromatic carbocycles. The topological polar surface area (TPSA) is 106 Å². The zero-order valence-corrected chi connectivity index (χ0v) is 17.6. The molecule has 4 N–H and O–H groups in total.